The molecule has 34 heavy (non-hydrogen) atoms. The highest BCUT2D eigenvalue weighted by Gasteiger charge is 2.46. The first-order chi connectivity index (χ1) is 16.2. The molecule has 0 amide bonds. The molecular weight excluding hydrogens is 433 g/mol. The predicted octanol–water partition coefficient (Wildman–Crippen LogP) is 5.43. The van der Waals surface area contributed by atoms with Crippen LogP contribution in [0.2, 0.25) is 0 Å². The number of hydrogen-bond acceptors (Lipinski definition) is 5. The summed E-state index contributed by atoms with van der Waals surface area (Å²) >= 11 is 0. The van der Waals surface area contributed by atoms with Crippen molar-refractivity contribution in [1.29, 1.82) is 0 Å². The molecule has 178 valence electrons. The standard InChI is InChI=1S/C28H30FNO4/c1-5-33-27(32)24-17(2)30-22-14-28(3,4)15-23(31)26(22)25(24)19-8-12-21(13-9-19)34-16-18-6-10-20(29)11-7-18/h6-14,25-26,30H,5,15-16H2,1-4H3. The van der Waals surface area contributed by atoms with Crippen LogP contribution in [0.4, 0.5) is 4.39 Å². The zero-order valence-electron chi connectivity index (χ0n) is 20.0. The van der Waals surface area contributed by atoms with Crippen molar-refractivity contribution in [3.05, 3.63) is 88.5 Å². The SMILES string of the molecule is CCOC(=O)C1=C(C)NC2=CC(C)(C)CC(=O)C2C1c1ccc(OCc2ccc(F)cc2)cc1. The van der Waals surface area contributed by atoms with Crippen LogP contribution in [0.3, 0.4) is 0 Å². The second-order valence-electron chi connectivity index (χ2n) is 9.56. The normalized spacial score (nSPS) is 21.3. The lowest BCUT2D eigenvalue weighted by Crippen LogP contribution is -2.43. The highest BCUT2D eigenvalue weighted by molar-refractivity contribution is 5.96. The first-order valence-electron chi connectivity index (χ1n) is 11.6. The smallest absolute Gasteiger partial charge is 0.336 e. The van der Waals surface area contributed by atoms with Crippen LogP contribution in [0.1, 0.15) is 51.2 Å². The molecule has 2 atom stereocenters. The molecule has 1 aliphatic heterocycles. The topological polar surface area (TPSA) is 64.6 Å². The number of nitrogens with one attached hydrogen (secondary N) is 1. The molecule has 0 bridgehead atoms. The summed E-state index contributed by atoms with van der Waals surface area (Å²) in [5, 5.41) is 3.31. The van der Waals surface area contributed by atoms with Crippen LogP contribution in [0.5, 0.6) is 5.75 Å². The number of allylic oxidation sites excluding steroid dienone is 3. The van der Waals surface area contributed by atoms with Gasteiger partial charge in [-0.05, 0) is 54.7 Å². The molecule has 1 aliphatic carbocycles. The maximum Gasteiger partial charge on any atom is 0.336 e. The maximum atomic E-state index is 13.3. The Balaban J connectivity index is 1.65. The molecule has 0 fully saturated rings. The molecule has 2 unspecified atom stereocenters. The quantitative estimate of drug-likeness (QED) is 0.579. The number of halogens is 1. The molecule has 2 aromatic rings. The summed E-state index contributed by atoms with van der Waals surface area (Å²) in [7, 11) is 0. The van der Waals surface area contributed by atoms with Crippen molar-refractivity contribution in [3.8, 4) is 5.75 Å². The lowest BCUT2D eigenvalue weighted by molar-refractivity contribution is -0.139. The second kappa shape index (κ2) is 9.45. The third kappa shape index (κ3) is 4.91. The number of fused-ring (bicyclic) bond motifs is 1. The van der Waals surface area contributed by atoms with Crippen LogP contribution in [0, 0.1) is 17.2 Å². The lowest BCUT2D eigenvalue weighted by atomic mass is 9.66. The minimum absolute atomic E-state index is 0.103. The van der Waals surface area contributed by atoms with Crippen LogP contribution >= 0.6 is 0 Å². The summed E-state index contributed by atoms with van der Waals surface area (Å²) in [4.78, 5) is 26.3. The third-order valence-electron chi connectivity index (χ3n) is 6.29. The van der Waals surface area contributed by atoms with E-state index in [-0.39, 0.29) is 23.6 Å². The van der Waals surface area contributed by atoms with Crippen molar-refractivity contribution >= 4 is 11.8 Å². The van der Waals surface area contributed by atoms with Crippen molar-refractivity contribution in [1.82, 2.24) is 5.32 Å². The summed E-state index contributed by atoms with van der Waals surface area (Å²) in [6, 6.07) is 13.6. The fourth-order valence-corrected chi connectivity index (χ4v) is 4.82. The first kappa shape index (κ1) is 23.7. The number of ketones is 1. The summed E-state index contributed by atoms with van der Waals surface area (Å²) in [6.07, 6.45) is 2.52. The summed E-state index contributed by atoms with van der Waals surface area (Å²) < 4.78 is 24.3. The Morgan fingerprint density at radius 3 is 2.41 bits per heavy atom. The van der Waals surface area contributed by atoms with Gasteiger partial charge in [-0.3, -0.25) is 4.79 Å². The number of Topliss-reactive ketones (excluding diaryl/α,β-unsaturated/α-hetero) is 1. The van der Waals surface area contributed by atoms with Crippen LogP contribution < -0.4 is 10.1 Å². The van der Waals surface area contributed by atoms with E-state index < -0.39 is 17.8 Å². The number of benzene rings is 2. The van der Waals surface area contributed by atoms with E-state index in [1.165, 1.54) is 12.1 Å². The minimum Gasteiger partial charge on any atom is -0.489 e. The fourth-order valence-electron chi connectivity index (χ4n) is 4.82. The van der Waals surface area contributed by atoms with Gasteiger partial charge >= 0.3 is 5.97 Å². The van der Waals surface area contributed by atoms with Gasteiger partial charge in [0.25, 0.3) is 0 Å². The van der Waals surface area contributed by atoms with E-state index in [4.69, 9.17) is 9.47 Å². The highest BCUT2D eigenvalue weighted by Crippen LogP contribution is 2.47. The number of esters is 1. The Labute approximate surface area is 199 Å². The van der Waals surface area contributed by atoms with Crippen LogP contribution in [0.25, 0.3) is 0 Å². The Bertz CT molecular complexity index is 1150. The Morgan fingerprint density at radius 1 is 1.09 bits per heavy atom. The predicted molar refractivity (Wildman–Crippen MR) is 127 cm³/mol. The summed E-state index contributed by atoms with van der Waals surface area (Å²) in [5.41, 5.74) is 3.48. The van der Waals surface area contributed by atoms with Crippen molar-refractivity contribution < 1.29 is 23.5 Å². The average Bonchev–Trinajstić information content (AvgIpc) is 2.77. The number of ether oxygens (including phenoxy) is 2. The number of rotatable bonds is 6. The molecule has 5 nitrogen and oxygen atoms in total. The molecule has 0 saturated heterocycles. The van der Waals surface area contributed by atoms with Crippen molar-refractivity contribution in [2.45, 2.75) is 46.6 Å². The third-order valence-corrected chi connectivity index (χ3v) is 6.29. The summed E-state index contributed by atoms with van der Waals surface area (Å²) in [5.74, 6) is -0.864. The van der Waals surface area contributed by atoms with Gasteiger partial charge in [0.15, 0.2) is 0 Å². The zero-order chi connectivity index (χ0) is 24.5. The number of carbonyl (C=O) groups excluding carboxylic acids is 2. The van der Waals surface area contributed by atoms with E-state index in [9.17, 15) is 14.0 Å². The number of carbonyl (C=O) groups is 2. The molecule has 2 aromatic carbocycles. The Kier molecular flexibility index (Phi) is 6.60. The van der Waals surface area contributed by atoms with Gasteiger partial charge in [-0.1, -0.05) is 44.2 Å². The monoisotopic (exact) mass is 463 g/mol. The Hall–Kier alpha value is -3.41. The van der Waals surface area contributed by atoms with Gasteiger partial charge in [0.2, 0.25) is 0 Å². The zero-order valence-corrected chi connectivity index (χ0v) is 20.0. The summed E-state index contributed by atoms with van der Waals surface area (Å²) in [6.45, 7) is 8.26. The van der Waals surface area contributed by atoms with Gasteiger partial charge in [0, 0.05) is 23.7 Å². The second-order valence-corrected chi connectivity index (χ2v) is 9.56. The molecule has 1 heterocycles. The average molecular weight is 464 g/mol. The molecule has 2 aliphatic rings. The molecule has 0 saturated carbocycles. The minimum atomic E-state index is -0.470. The van der Waals surface area contributed by atoms with Crippen molar-refractivity contribution in [2.24, 2.45) is 11.3 Å². The largest absolute Gasteiger partial charge is 0.489 e. The van der Waals surface area contributed by atoms with E-state index >= 15 is 0 Å². The van der Waals surface area contributed by atoms with Gasteiger partial charge in [-0.25, -0.2) is 9.18 Å². The molecule has 1 N–H and O–H groups in total. The molecule has 0 radical (unpaired) electrons. The molecule has 0 spiro atoms. The van der Waals surface area contributed by atoms with Gasteiger partial charge in [-0.15, -0.1) is 0 Å². The Morgan fingerprint density at radius 2 is 1.76 bits per heavy atom. The number of hydrogen-bond donors (Lipinski definition) is 1. The van der Waals surface area contributed by atoms with E-state index in [2.05, 4.69) is 11.4 Å². The van der Waals surface area contributed by atoms with Crippen molar-refractivity contribution in [2.75, 3.05) is 6.61 Å². The van der Waals surface area contributed by atoms with Crippen LogP contribution in [0.15, 0.2) is 71.6 Å². The lowest BCUT2D eigenvalue weighted by Gasteiger charge is -2.41. The maximum absolute atomic E-state index is 13.3. The molecule has 0 aromatic heterocycles. The van der Waals surface area contributed by atoms with Gasteiger partial charge in [-0.2, -0.15) is 0 Å². The van der Waals surface area contributed by atoms with Crippen LogP contribution in [-0.4, -0.2) is 18.4 Å². The van der Waals surface area contributed by atoms with Crippen LogP contribution in [-0.2, 0) is 20.9 Å². The first-order valence-corrected chi connectivity index (χ1v) is 11.6. The highest BCUT2D eigenvalue weighted by atomic mass is 19.1. The van der Waals surface area contributed by atoms with Gasteiger partial charge in [0.1, 0.15) is 24.0 Å². The van der Waals surface area contributed by atoms with Crippen molar-refractivity contribution in [3.63, 3.8) is 0 Å². The molecule has 6 heteroatoms. The van der Waals surface area contributed by atoms with Gasteiger partial charge < -0.3 is 14.8 Å². The molecule has 4 rings (SSSR count). The van der Waals surface area contributed by atoms with E-state index in [1.54, 1.807) is 19.1 Å². The van der Waals surface area contributed by atoms with E-state index in [1.807, 2.05) is 45.0 Å². The van der Waals surface area contributed by atoms with E-state index in [0.29, 0.717) is 30.0 Å². The van der Waals surface area contributed by atoms with Gasteiger partial charge in [0.05, 0.1) is 18.1 Å². The molecular formula is C28H30FNO4. The fraction of sp³-hybridized carbons (Fsp3) is 0.357. The van der Waals surface area contributed by atoms with E-state index in [0.717, 1.165) is 16.8 Å².